The molecule has 1 fully saturated rings. The van der Waals surface area contributed by atoms with E-state index in [1.807, 2.05) is 54.1 Å². The van der Waals surface area contributed by atoms with Crippen LogP contribution in [0.15, 0.2) is 67.1 Å². The van der Waals surface area contributed by atoms with Gasteiger partial charge in [-0.1, -0.05) is 18.2 Å². The van der Waals surface area contributed by atoms with Crippen molar-refractivity contribution in [1.29, 1.82) is 0 Å². The molecule has 0 spiro atoms. The van der Waals surface area contributed by atoms with E-state index in [2.05, 4.69) is 33.7 Å². The van der Waals surface area contributed by atoms with E-state index in [0.717, 1.165) is 40.8 Å². The van der Waals surface area contributed by atoms with Gasteiger partial charge in [0, 0.05) is 18.2 Å². The second-order valence-electron chi connectivity index (χ2n) is 9.85. The van der Waals surface area contributed by atoms with Crippen molar-refractivity contribution in [2.75, 3.05) is 5.32 Å². The van der Waals surface area contributed by atoms with Gasteiger partial charge in [0.25, 0.3) is 5.91 Å². The van der Waals surface area contributed by atoms with E-state index >= 15 is 0 Å². The van der Waals surface area contributed by atoms with Crippen molar-refractivity contribution in [1.82, 2.24) is 24.1 Å². The van der Waals surface area contributed by atoms with Crippen molar-refractivity contribution < 1.29 is 9.18 Å². The molecule has 3 aromatic heterocycles. The molecular weight excluding hydrogens is 467 g/mol. The number of imidazole rings is 2. The molecule has 3 heterocycles. The molecule has 0 saturated heterocycles. The van der Waals surface area contributed by atoms with Crippen LogP contribution in [0.5, 0.6) is 0 Å². The van der Waals surface area contributed by atoms with E-state index in [1.54, 1.807) is 18.5 Å². The molecule has 2 aromatic carbocycles. The van der Waals surface area contributed by atoms with Crippen molar-refractivity contribution in [2.45, 2.75) is 45.6 Å². The Hall–Kier alpha value is -4.33. The second kappa shape index (κ2) is 8.96. The number of nitrogens with zero attached hydrogens (tertiary/aromatic N) is 5. The van der Waals surface area contributed by atoms with Crippen LogP contribution in [0.2, 0.25) is 0 Å². The van der Waals surface area contributed by atoms with Gasteiger partial charge >= 0.3 is 0 Å². The van der Waals surface area contributed by atoms with Gasteiger partial charge in [-0.15, -0.1) is 0 Å². The number of rotatable bonds is 6. The van der Waals surface area contributed by atoms with Crippen LogP contribution in [0.4, 0.5) is 10.2 Å². The van der Waals surface area contributed by atoms with Gasteiger partial charge in [-0.25, -0.2) is 19.3 Å². The molecule has 0 unspecified atom stereocenters. The van der Waals surface area contributed by atoms with Gasteiger partial charge in [0.05, 0.1) is 34.3 Å². The van der Waals surface area contributed by atoms with Crippen molar-refractivity contribution in [3.8, 4) is 17.2 Å². The molecule has 5 aromatic rings. The summed E-state index contributed by atoms with van der Waals surface area (Å²) in [6, 6.07) is 16.4. The number of anilines is 1. The Balaban J connectivity index is 1.31. The van der Waals surface area contributed by atoms with Crippen LogP contribution in [-0.4, -0.2) is 30.0 Å². The lowest BCUT2D eigenvalue weighted by Crippen LogP contribution is -2.16. The molecule has 1 N–H and O–H groups in total. The number of carbonyl (C=O) groups excluding carboxylic acids is 1. The molecule has 0 aliphatic heterocycles. The number of benzene rings is 2. The summed E-state index contributed by atoms with van der Waals surface area (Å²) < 4.78 is 18.9. The minimum atomic E-state index is -0.584. The largest absolute Gasteiger partial charge is 0.320 e. The smallest absolute Gasteiger partial charge is 0.259 e. The van der Waals surface area contributed by atoms with Crippen LogP contribution >= 0.6 is 0 Å². The molecule has 0 atom stereocenters. The molecule has 186 valence electrons. The van der Waals surface area contributed by atoms with Crippen LogP contribution in [-0.2, 0) is 0 Å². The number of carbonyl (C=O) groups is 1. The van der Waals surface area contributed by atoms with Crippen molar-refractivity contribution >= 4 is 22.8 Å². The van der Waals surface area contributed by atoms with E-state index in [4.69, 9.17) is 4.98 Å². The maximum atomic E-state index is 14.9. The Labute approximate surface area is 214 Å². The SMILES string of the molecule is Cc1cc(F)c(C(=O)Nc2cccc(-c3nc4ccccc4n3C(C)C)n2)cc1-n1cnc(C2CC2)c1. The van der Waals surface area contributed by atoms with Crippen molar-refractivity contribution in [3.63, 3.8) is 0 Å². The third-order valence-electron chi connectivity index (χ3n) is 6.74. The predicted octanol–water partition coefficient (Wildman–Crippen LogP) is 6.44. The fourth-order valence-corrected chi connectivity index (χ4v) is 4.73. The summed E-state index contributed by atoms with van der Waals surface area (Å²) >= 11 is 0. The highest BCUT2D eigenvalue weighted by atomic mass is 19.1. The third-order valence-corrected chi connectivity index (χ3v) is 6.74. The predicted molar refractivity (Wildman–Crippen MR) is 142 cm³/mol. The van der Waals surface area contributed by atoms with E-state index in [1.165, 1.54) is 6.07 Å². The number of aryl methyl sites for hydroxylation is 1. The molecule has 6 rings (SSSR count). The fraction of sp³-hybridized carbons (Fsp3) is 0.241. The van der Waals surface area contributed by atoms with Crippen molar-refractivity contribution in [3.05, 3.63) is 89.8 Å². The van der Waals surface area contributed by atoms with Gasteiger partial charge in [0.1, 0.15) is 17.3 Å². The van der Waals surface area contributed by atoms with Crippen LogP contribution < -0.4 is 5.32 Å². The van der Waals surface area contributed by atoms with E-state index in [-0.39, 0.29) is 11.6 Å². The molecule has 1 amide bonds. The Morgan fingerprint density at radius 1 is 1.08 bits per heavy atom. The number of para-hydroxylation sites is 2. The molecular formula is C29H27FN6O. The van der Waals surface area contributed by atoms with Gasteiger partial charge in [0.15, 0.2) is 5.82 Å². The summed E-state index contributed by atoms with van der Waals surface area (Å²) in [4.78, 5) is 27.1. The number of hydrogen-bond donors (Lipinski definition) is 1. The normalized spacial score (nSPS) is 13.4. The first-order valence-electron chi connectivity index (χ1n) is 12.5. The highest BCUT2D eigenvalue weighted by Gasteiger charge is 2.26. The van der Waals surface area contributed by atoms with Gasteiger partial charge < -0.3 is 14.5 Å². The Bertz CT molecular complexity index is 1650. The zero-order valence-corrected chi connectivity index (χ0v) is 20.9. The van der Waals surface area contributed by atoms with Gasteiger partial charge in [-0.3, -0.25) is 4.79 Å². The number of amides is 1. The fourth-order valence-electron chi connectivity index (χ4n) is 4.73. The molecule has 1 aliphatic rings. The van der Waals surface area contributed by atoms with E-state index in [9.17, 15) is 9.18 Å². The average molecular weight is 495 g/mol. The molecule has 1 saturated carbocycles. The topological polar surface area (TPSA) is 77.6 Å². The summed E-state index contributed by atoms with van der Waals surface area (Å²) in [6.45, 7) is 6.01. The first-order chi connectivity index (χ1) is 17.9. The quantitative estimate of drug-likeness (QED) is 0.295. The number of halogens is 1. The number of fused-ring (bicyclic) bond motifs is 1. The maximum Gasteiger partial charge on any atom is 0.259 e. The highest BCUT2D eigenvalue weighted by Crippen LogP contribution is 2.39. The number of hydrogen-bond acceptors (Lipinski definition) is 4. The maximum absolute atomic E-state index is 14.9. The lowest BCUT2D eigenvalue weighted by molar-refractivity contribution is 0.102. The molecule has 0 radical (unpaired) electrons. The molecule has 37 heavy (non-hydrogen) atoms. The summed E-state index contributed by atoms with van der Waals surface area (Å²) in [5.74, 6) is 0.391. The Morgan fingerprint density at radius 2 is 1.89 bits per heavy atom. The lowest BCUT2D eigenvalue weighted by atomic mass is 10.1. The van der Waals surface area contributed by atoms with Gasteiger partial charge in [-0.2, -0.15) is 0 Å². The number of pyridine rings is 1. The zero-order valence-electron chi connectivity index (χ0n) is 20.9. The Kier molecular flexibility index (Phi) is 5.59. The van der Waals surface area contributed by atoms with Gasteiger partial charge in [-0.05, 0) is 75.6 Å². The third kappa shape index (κ3) is 4.28. The van der Waals surface area contributed by atoms with Crippen LogP contribution in [0, 0.1) is 12.7 Å². The minimum absolute atomic E-state index is 0.0519. The molecule has 1 aliphatic carbocycles. The van der Waals surface area contributed by atoms with Gasteiger partial charge in [0.2, 0.25) is 0 Å². The molecule has 8 heteroatoms. The van der Waals surface area contributed by atoms with E-state index < -0.39 is 11.7 Å². The highest BCUT2D eigenvalue weighted by molar-refractivity contribution is 6.04. The summed E-state index contributed by atoms with van der Waals surface area (Å²) in [6.07, 6.45) is 5.98. The minimum Gasteiger partial charge on any atom is -0.320 e. The second-order valence-corrected chi connectivity index (χ2v) is 9.85. The van der Waals surface area contributed by atoms with Crippen LogP contribution in [0.1, 0.15) is 60.3 Å². The summed E-state index contributed by atoms with van der Waals surface area (Å²) in [5, 5.41) is 2.77. The first-order valence-corrected chi connectivity index (χ1v) is 12.5. The Morgan fingerprint density at radius 3 is 2.68 bits per heavy atom. The number of aromatic nitrogens is 5. The lowest BCUT2D eigenvalue weighted by Gasteiger charge is -2.14. The molecule has 7 nitrogen and oxygen atoms in total. The van der Waals surface area contributed by atoms with Crippen molar-refractivity contribution in [2.24, 2.45) is 0 Å². The summed E-state index contributed by atoms with van der Waals surface area (Å²) in [5.41, 5.74) is 4.94. The van der Waals surface area contributed by atoms with Crippen LogP contribution in [0.25, 0.3) is 28.2 Å². The molecule has 0 bridgehead atoms. The number of nitrogens with one attached hydrogen (secondary N) is 1. The standard InChI is InChI=1S/C29H27FN6O/c1-17(2)36-25-9-5-4-7-22(25)33-28(36)23-8-6-10-27(32-23)34-29(37)20-14-26(18(3)13-21(20)30)35-15-24(31-16-35)19-11-12-19/h4-10,13-17,19H,11-12H2,1-3H3,(H,32,34,37). The van der Waals surface area contributed by atoms with E-state index in [0.29, 0.717) is 23.3 Å². The van der Waals surface area contributed by atoms with Crippen LogP contribution in [0.3, 0.4) is 0 Å². The first kappa shape index (κ1) is 23.1. The zero-order chi connectivity index (χ0) is 25.7. The average Bonchev–Trinajstić information content (AvgIpc) is 3.47. The monoisotopic (exact) mass is 494 g/mol. The summed E-state index contributed by atoms with van der Waals surface area (Å²) in [7, 11) is 0.